The lowest BCUT2D eigenvalue weighted by molar-refractivity contribution is -0.000472. The maximum absolute atomic E-state index is 12.5. The molecule has 4 rings (SSSR count). The van der Waals surface area contributed by atoms with E-state index in [0.717, 1.165) is 30.5 Å². The molecule has 0 aliphatic carbocycles. The Balaban J connectivity index is 1.25. The molecular formula is C20H23N7O2. The van der Waals surface area contributed by atoms with Crippen LogP contribution >= 0.6 is 0 Å². The number of ether oxygens (including phenoxy) is 1. The zero-order valence-electron chi connectivity index (χ0n) is 16.0. The number of aromatic amines is 1. The van der Waals surface area contributed by atoms with Gasteiger partial charge in [-0.25, -0.2) is 9.78 Å². The lowest BCUT2D eigenvalue weighted by atomic mass is 10.1. The summed E-state index contributed by atoms with van der Waals surface area (Å²) in [5.74, 6) is 1.19. The Morgan fingerprint density at radius 2 is 2.14 bits per heavy atom. The number of H-pyrrole nitrogens is 1. The van der Waals surface area contributed by atoms with Crippen LogP contribution in [0.25, 0.3) is 11.4 Å². The molecule has 0 saturated carbocycles. The Morgan fingerprint density at radius 1 is 1.24 bits per heavy atom. The third-order valence-electron chi connectivity index (χ3n) is 4.75. The number of amides is 2. The summed E-state index contributed by atoms with van der Waals surface area (Å²) in [6, 6.07) is 7.43. The Labute approximate surface area is 168 Å². The van der Waals surface area contributed by atoms with Crippen LogP contribution in [0.15, 0.2) is 49.1 Å². The average molecular weight is 393 g/mol. The Bertz CT molecular complexity index is 917. The van der Waals surface area contributed by atoms with Gasteiger partial charge in [0, 0.05) is 43.4 Å². The zero-order valence-corrected chi connectivity index (χ0v) is 16.0. The van der Waals surface area contributed by atoms with E-state index >= 15 is 0 Å². The number of piperidine rings is 1. The predicted molar refractivity (Wildman–Crippen MR) is 105 cm³/mol. The molecule has 0 aromatic carbocycles. The highest BCUT2D eigenvalue weighted by molar-refractivity contribution is 5.74. The lowest BCUT2D eigenvalue weighted by Crippen LogP contribution is -2.47. The maximum Gasteiger partial charge on any atom is 0.317 e. The molecule has 1 aliphatic heterocycles. The van der Waals surface area contributed by atoms with Crippen molar-refractivity contribution in [2.75, 3.05) is 13.1 Å². The molecule has 1 unspecified atom stereocenters. The molecule has 0 bridgehead atoms. The number of nitrogens with one attached hydrogen (secondary N) is 2. The van der Waals surface area contributed by atoms with Gasteiger partial charge < -0.3 is 15.0 Å². The third-order valence-corrected chi connectivity index (χ3v) is 4.75. The van der Waals surface area contributed by atoms with E-state index in [1.165, 1.54) is 0 Å². The van der Waals surface area contributed by atoms with Crippen molar-refractivity contribution in [3.8, 4) is 11.4 Å². The second kappa shape index (κ2) is 9.24. The average Bonchev–Trinajstić information content (AvgIpc) is 3.27. The van der Waals surface area contributed by atoms with Gasteiger partial charge in [-0.05, 0) is 36.6 Å². The number of aromatic nitrogens is 5. The van der Waals surface area contributed by atoms with Crippen LogP contribution in [0.1, 0.15) is 24.2 Å². The number of hydrogen-bond acceptors (Lipinski definition) is 6. The van der Waals surface area contributed by atoms with Crippen LogP contribution in [-0.2, 0) is 17.9 Å². The van der Waals surface area contributed by atoms with Crippen molar-refractivity contribution in [3.05, 3.63) is 60.4 Å². The van der Waals surface area contributed by atoms with Crippen LogP contribution in [0.5, 0.6) is 0 Å². The minimum Gasteiger partial charge on any atom is -0.372 e. The minimum absolute atomic E-state index is 0.0262. The Hall–Kier alpha value is -3.33. The fourth-order valence-corrected chi connectivity index (χ4v) is 3.23. The number of rotatable bonds is 6. The summed E-state index contributed by atoms with van der Waals surface area (Å²) in [4.78, 5) is 26.8. The quantitative estimate of drug-likeness (QED) is 0.664. The number of urea groups is 1. The van der Waals surface area contributed by atoms with Crippen LogP contribution in [-0.4, -0.2) is 55.3 Å². The predicted octanol–water partition coefficient (Wildman–Crippen LogP) is 2.15. The van der Waals surface area contributed by atoms with Gasteiger partial charge in [-0.15, -0.1) is 0 Å². The van der Waals surface area contributed by atoms with E-state index in [4.69, 9.17) is 4.74 Å². The van der Waals surface area contributed by atoms with Crippen molar-refractivity contribution in [2.45, 2.75) is 32.1 Å². The normalized spacial score (nSPS) is 16.6. The molecule has 2 amide bonds. The summed E-state index contributed by atoms with van der Waals surface area (Å²) >= 11 is 0. The lowest BCUT2D eigenvalue weighted by Gasteiger charge is -2.32. The van der Waals surface area contributed by atoms with Gasteiger partial charge in [-0.1, -0.05) is 6.07 Å². The van der Waals surface area contributed by atoms with Crippen molar-refractivity contribution < 1.29 is 9.53 Å². The van der Waals surface area contributed by atoms with Crippen LogP contribution in [0.2, 0.25) is 0 Å². The summed E-state index contributed by atoms with van der Waals surface area (Å²) in [6.45, 7) is 2.08. The molecule has 3 aromatic rings. The number of nitrogens with zero attached hydrogens (tertiary/aromatic N) is 5. The molecular weight excluding hydrogens is 370 g/mol. The van der Waals surface area contributed by atoms with E-state index in [0.29, 0.717) is 24.8 Å². The van der Waals surface area contributed by atoms with Crippen molar-refractivity contribution in [3.63, 3.8) is 0 Å². The highest BCUT2D eigenvalue weighted by Crippen LogP contribution is 2.16. The van der Waals surface area contributed by atoms with Gasteiger partial charge in [0.1, 0.15) is 5.82 Å². The molecule has 9 nitrogen and oxygen atoms in total. The molecule has 2 N–H and O–H groups in total. The second-order valence-electron chi connectivity index (χ2n) is 6.88. The number of pyridine rings is 2. The molecule has 0 radical (unpaired) electrons. The summed E-state index contributed by atoms with van der Waals surface area (Å²) in [5.41, 5.74) is 1.91. The van der Waals surface area contributed by atoms with Crippen LogP contribution in [0.3, 0.4) is 0 Å². The van der Waals surface area contributed by atoms with Gasteiger partial charge >= 0.3 is 6.03 Å². The van der Waals surface area contributed by atoms with Gasteiger partial charge in [0.15, 0.2) is 5.82 Å². The number of carbonyl (C=O) groups excluding carboxylic acids is 1. The van der Waals surface area contributed by atoms with Gasteiger partial charge in [0.05, 0.1) is 19.3 Å². The molecule has 3 aromatic heterocycles. The van der Waals surface area contributed by atoms with Gasteiger partial charge in [0.2, 0.25) is 0 Å². The molecule has 4 heterocycles. The standard InChI is InChI=1S/C20H23N7O2/c28-20(23-12-18-24-19(26-25-18)16-5-8-21-9-6-16)27-10-2-4-17(13-27)29-14-15-3-1-7-22-11-15/h1,3,5-9,11,17H,2,4,10,12-14H2,(H,23,28)(H,24,25,26). The smallest absolute Gasteiger partial charge is 0.317 e. The molecule has 0 spiro atoms. The van der Waals surface area contributed by atoms with Crippen molar-refractivity contribution in [1.82, 2.24) is 35.4 Å². The Kier molecular flexibility index (Phi) is 6.06. The van der Waals surface area contributed by atoms with Gasteiger partial charge in [0.25, 0.3) is 0 Å². The van der Waals surface area contributed by atoms with E-state index in [1.54, 1.807) is 29.7 Å². The van der Waals surface area contributed by atoms with E-state index in [-0.39, 0.29) is 18.7 Å². The van der Waals surface area contributed by atoms with E-state index < -0.39 is 0 Å². The molecule has 9 heteroatoms. The minimum atomic E-state index is -0.124. The maximum atomic E-state index is 12.5. The molecule has 29 heavy (non-hydrogen) atoms. The van der Waals surface area contributed by atoms with Crippen molar-refractivity contribution >= 4 is 6.03 Å². The number of carbonyl (C=O) groups is 1. The molecule has 1 aliphatic rings. The van der Waals surface area contributed by atoms with E-state index in [9.17, 15) is 4.79 Å². The van der Waals surface area contributed by atoms with Crippen molar-refractivity contribution in [1.29, 1.82) is 0 Å². The highest BCUT2D eigenvalue weighted by Gasteiger charge is 2.24. The zero-order chi connectivity index (χ0) is 19.9. The first-order valence-corrected chi connectivity index (χ1v) is 9.63. The van der Waals surface area contributed by atoms with E-state index in [1.807, 2.05) is 24.3 Å². The van der Waals surface area contributed by atoms with Gasteiger partial charge in [-0.3, -0.25) is 15.1 Å². The summed E-state index contributed by atoms with van der Waals surface area (Å²) in [7, 11) is 0. The highest BCUT2D eigenvalue weighted by atomic mass is 16.5. The summed E-state index contributed by atoms with van der Waals surface area (Å²) < 4.78 is 5.97. The van der Waals surface area contributed by atoms with Crippen molar-refractivity contribution in [2.24, 2.45) is 0 Å². The first-order valence-electron chi connectivity index (χ1n) is 9.63. The van der Waals surface area contributed by atoms with Crippen LogP contribution in [0.4, 0.5) is 4.79 Å². The van der Waals surface area contributed by atoms with Crippen LogP contribution in [0, 0.1) is 0 Å². The second-order valence-corrected chi connectivity index (χ2v) is 6.88. The topological polar surface area (TPSA) is 109 Å². The number of hydrogen-bond donors (Lipinski definition) is 2. The summed E-state index contributed by atoms with van der Waals surface area (Å²) in [6.07, 6.45) is 8.81. The fraction of sp³-hybridized carbons (Fsp3) is 0.350. The third kappa shape index (κ3) is 5.14. The first-order chi connectivity index (χ1) is 14.3. The molecule has 1 saturated heterocycles. The number of likely N-dealkylation sites (tertiary alicyclic amines) is 1. The van der Waals surface area contributed by atoms with Crippen LogP contribution < -0.4 is 5.32 Å². The molecule has 1 atom stereocenters. The molecule has 150 valence electrons. The largest absolute Gasteiger partial charge is 0.372 e. The fourth-order valence-electron chi connectivity index (χ4n) is 3.23. The first kappa shape index (κ1) is 19.0. The summed E-state index contributed by atoms with van der Waals surface area (Å²) in [5, 5.41) is 9.96. The van der Waals surface area contributed by atoms with E-state index in [2.05, 4.69) is 30.5 Å². The Morgan fingerprint density at radius 3 is 2.97 bits per heavy atom. The van der Waals surface area contributed by atoms with Gasteiger partial charge in [-0.2, -0.15) is 5.10 Å². The molecule has 1 fully saturated rings. The SMILES string of the molecule is O=C(NCc1nc(-c2ccncc2)n[nH]1)N1CCCC(OCc2cccnc2)C1. The monoisotopic (exact) mass is 393 g/mol.